The Morgan fingerprint density at radius 2 is 2.05 bits per heavy atom. The monoisotopic (exact) mass is 299 g/mol. The number of aromatic nitrogens is 4. The van der Waals surface area contributed by atoms with Gasteiger partial charge in [0, 0.05) is 33.2 Å². The summed E-state index contributed by atoms with van der Waals surface area (Å²) < 4.78 is 0. The summed E-state index contributed by atoms with van der Waals surface area (Å²) in [5.74, 6) is 1.27. The van der Waals surface area contributed by atoms with E-state index in [0.29, 0.717) is 49.0 Å². The van der Waals surface area contributed by atoms with Gasteiger partial charge >= 0.3 is 0 Å². The highest BCUT2D eigenvalue weighted by Gasteiger charge is 2.21. The summed E-state index contributed by atoms with van der Waals surface area (Å²) >= 11 is 0. The molecule has 1 N–H and O–H groups in total. The van der Waals surface area contributed by atoms with Crippen LogP contribution in [-0.2, 0) is 4.79 Å². The van der Waals surface area contributed by atoms with E-state index in [1.807, 2.05) is 0 Å². The summed E-state index contributed by atoms with van der Waals surface area (Å²) in [7, 11) is 1.79. The number of hydrogen-bond donors (Lipinski definition) is 1. The van der Waals surface area contributed by atoms with E-state index in [0.717, 1.165) is 0 Å². The molecule has 0 atom stereocenters. The van der Waals surface area contributed by atoms with Crippen LogP contribution in [0.15, 0.2) is 25.2 Å². The predicted molar refractivity (Wildman–Crippen MR) is 83.7 cm³/mol. The lowest BCUT2D eigenvalue weighted by Crippen LogP contribution is -2.48. The molecule has 0 aromatic carbocycles. The first kappa shape index (κ1) is 14.2. The number of nitrogens with one attached hydrogen (secondary N) is 1. The van der Waals surface area contributed by atoms with Crippen molar-refractivity contribution in [3.8, 4) is 0 Å². The number of carbonyl (C=O) groups is 1. The van der Waals surface area contributed by atoms with Gasteiger partial charge in [0.25, 0.3) is 0 Å². The molecule has 0 radical (unpaired) electrons. The van der Waals surface area contributed by atoms with Gasteiger partial charge in [0.1, 0.15) is 17.4 Å². The fourth-order valence-electron chi connectivity index (χ4n) is 2.44. The van der Waals surface area contributed by atoms with Crippen LogP contribution in [0.1, 0.15) is 0 Å². The third-order valence-corrected chi connectivity index (χ3v) is 3.65. The maximum atomic E-state index is 11.6. The van der Waals surface area contributed by atoms with Crippen molar-refractivity contribution in [2.45, 2.75) is 0 Å². The topological polar surface area (TPSA) is 87.1 Å². The van der Waals surface area contributed by atoms with E-state index in [2.05, 4.69) is 36.7 Å². The van der Waals surface area contributed by atoms with Gasteiger partial charge in [0.15, 0.2) is 5.82 Å². The van der Waals surface area contributed by atoms with Crippen molar-refractivity contribution in [1.82, 2.24) is 24.8 Å². The normalized spacial score (nSPS) is 15.0. The summed E-state index contributed by atoms with van der Waals surface area (Å²) in [5.41, 5.74) is 1.39. The standard InChI is InChI=1S/C14H17N7O/c1-3-11(22)20-4-6-21(7-5-20)14-16-8-10-12(19-14)13(15-2)18-9-17-10/h3,8-9H,1,4-7H2,2H3,(H,15,17,18). The van der Waals surface area contributed by atoms with Crippen molar-refractivity contribution in [2.24, 2.45) is 0 Å². The van der Waals surface area contributed by atoms with Crippen molar-refractivity contribution in [1.29, 1.82) is 0 Å². The molecule has 3 rings (SSSR count). The molecule has 0 aliphatic carbocycles. The molecule has 3 heterocycles. The highest BCUT2D eigenvalue weighted by Crippen LogP contribution is 2.19. The largest absolute Gasteiger partial charge is 0.371 e. The minimum atomic E-state index is -0.0371. The fourth-order valence-corrected chi connectivity index (χ4v) is 2.44. The number of carbonyl (C=O) groups excluding carboxylic acids is 1. The lowest BCUT2D eigenvalue weighted by atomic mass is 10.3. The minimum Gasteiger partial charge on any atom is -0.371 e. The summed E-state index contributed by atoms with van der Waals surface area (Å²) in [6.45, 7) is 6.16. The lowest BCUT2D eigenvalue weighted by molar-refractivity contribution is -0.126. The maximum Gasteiger partial charge on any atom is 0.246 e. The molecule has 0 spiro atoms. The number of fused-ring (bicyclic) bond motifs is 1. The van der Waals surface area contributed by atoms with Crippen LogP contribution < -0.4 is 10.2 Å². The first-order chi connectivity index (χ1) is 10.7. The zero-order valence-electron chi connectivity index (χ0n) is 12.4. The predicted octanol–water partition coefficient (Wildman–Crippen LogP) is 0.296. The smallest absolute Gasteiger partial charge is 0.246 e. The van der Waals surface area contributed by atoms with Crippen LogP contribution in [0.2, 0.25) is 0 Å². The van der Waals surface area contributed by atoms with E-state index in [-0.39, 0.29) is 5.91 Å². The minimum absolute atomic E-state index is 0.0371. The SMILES string of the molecule is C=CC(=O)N1CCN(c2ncc3ncnc(NC)c3n2)CC1. The Labute approximate surface area is 127 Å². The van der Waals surface area contributed by atoms with Crippen LogP contribution in [-0.4, -0.2) is 64.0 Å². The van der Waals surface area contributed by atoms with Gasteiger partial charge in [-0.05, 0) is 6.08 Å². The van der Waals surface area contributed by atoms with E-state index in [1.165, 1.54) is 12.4 Å². The number of rotatable bonds is 3. The van der Waals surface area contributed by atoms with Crippen molar-refractivity contribution in [3.63, 3.8) is 0 Å². The molecule has 0 unspecified atom stereocenters. The third kappa shape index (κ3) is 2.54. The molecule has 0 saturated carbocycles. The van der Waals surface area contributed by atoms with Crippen LogP contribution in [0.5, 0.6) is 0 Å². The highest BCUT2D eigenvalue weighted by atomic mass is 16.2. The number of piperazine rings is 1. The van der Waals surface area contributed by atoms with Crippen molar-refractivity contribution in [2.75, 3.05) is 43.4 Å². The van der Waals surface area contributed by atoms with Crippen LogP contribution in [0.3, 0.4) is 0 Å². The molecule has 1 fully saturated rings. The first-order valence-corrected chi connectivity index (χ1v) is 7.04. The molecule has 114 valence electrons. The van der Waals surface area contributed by atoms with E-state index >= 15 is 0 Å². The van der Waals surface area contributed by atoms with Gasteiger partial charge in [0.2, 0.25) is 11.9 Å². The average molecular weight is 299 g/mol. The highest BCUT2D eigenvalue weighted by molar-refractivity contribution is 5.87. The molecular formula is C14H17N7O. The Bertz CT molecular complexity index is 709. The molecule has 2 aromatic heterocycles. The van der Waals surface area contributed by atoms with E-state index in [4.69, 9.17) is 0 Å². The van der Waals surface area contributed by atoms with Gasteiger partial charge in [-0.25, -0.2) is 19.9 Å². The molecule has 1 amide bonds. The number of anilines is 2. The average Bonchev–Trinajstić information content (AvgIpc) is 2.60. The van der Waals surface area contributed by atoms with E-state index in [9.17, 15) is 4.79 Å². The lowest BCUT2D eigenvalue weighted by Gasteiger charge is -2.34. The molecular weight excluding hydrogens is 282 g/mol. The van der Waals surface area contributed by atoms with Crippen LogP contribution in [0, 0.1) is 0 Å². The summed E-state index contributed by atoms with van der Waals surface area (Å²) in [6.07, 6.45) is 4.52. The van der Waals surface area contributed by atoms with E-state index < -0.39 is 0 Å². The van der Waals surface area contributed by atoms with Crippen LogP contribution in [0.4, 0.5) is 11.8 Å². The second-order valence-electron chi connectivity index (χ2n) is 4.89. The first-order valence-electron chi connectivity index (χ1n) is 7.04. The summed E-state index contributed by atoms with van der Waals surface area (Å²) in [4.78, 5) is 32.7. The summed E-state index contributed by atoms with van der Waals surface area (Å²) in [6, 6.07) is 0. The second-order valence-corrected chi connectivity index (χ2v) is 4.89. The molecule has 8 heteroatoms. The molecule has 0 bridgehead atoms. The second kappa shape index (κ2) is 5.92. The molecule has 2 aromatic rings. The molecule has 1 aliphatic rings. The third-order valence-electron chi connectivity index (χ3n) is 3.65. The van der Waals surface area contributed by atoms with Gasteiger partial charge in [-0.3, -0.25) is 4.79 Å². The Morgan fingerprint density at radius 3 is 2.73 bits per heavy atom. The molecule has 8 nitrogen and oxygen atoms in total. The molecule has 1 aliphatic heterocycles. The van der Waals surface area contributed by atoms with Gasteiger partial charge < -0.3 is 15.1 Å². The Hall–Kier alpha value is -2.77. The number of nitrogens with zero attached hydrogens (tertiary/aromatic N) is 6. The van der Waals surface area contributed by atoms with Crippen LogP contribution >= 0.6 is 0 Å². The van der Waals surface area contributed by atoms with Crippen LogP contribution in [0.25, 0.3) is 11.0 Å². The van der Waals surface area contributed by atoms with E-state index in [1.54, 1.807) is 18.1 Å². The molecule has 22 heavy (non-hydrogen) atoms. The van der Waals surface area contributed by atoms with Gasteiger partial charge in [-0.15, -0.1) is 0 Å². The zero-order valence-corrected chi connectivity index (χ0v) is 12.4. The number of hydrogen-bond acceptors (Lipinski definition) is 7. The van der Waals surface area contributed by atoms with Gasteiger partial charge in [-0.2, -0.15) is 0 Å². The summed E-state index contributed by atoms with van der Waals surface area (Å²) in [5, 5.41) is 3.01. The Kier molecular flexibility index (Phi) is 3.82. The maximum absolute atomic E-state index is 11.6. The molecule has 1 saturated heterocycles. The van der Waals surface area contributed by atoms with Gasteiger partial charge in [-0.1, -0.05) is 6.58 Å². The number of amides is 1. The van der Waals surface area contributed by atoms with Crippen molar-refractivity contribution >= 4 is 28.7 Å². The van der Waals surface area contributed by atoms with Gasteiger partial charge in [0.05, 0.1) is 6.20 Å². The van der Waals surface area contributed by atoms with Crippen molar-refractivity contribution in [3.05, 3.63) is 25.2 Å². The Balaban J connectivity index is 1.83. The Morgan fingerprint density at radius 1 is 1.27 bits per heavy atom. The zero-order chi connectivity index (χ0) is 15.5. The fraction of sp³-hybridized carbons (Fsp3) is 0.357. The quantitative estimate of drug-likeness (QED) is 0.815. The van der Waals surface area contributed by atoms with Crippen molar-refractivity contribution < 1.29 is 4.79 Å².